The van der Waals surface area contributed by atoms with Gasteiger partial charge in [-0.25, -0.2) is 4.39 Å². The van der Waals surface area contributed by atoms with Gasteiger partial charge < -0.3 is 10.1 Å². The zero-order valence-electron chi connectivity index (χ0n) is 15.5. The van der Waals surface area contributed by atoms with Gasteiger partial charge in [0.2, 0.25) is 0 Å². The Bertz CT molecular complexity index is 887. The molecule has 2 heterocycles. The maximum Gasteiger partial charge on any atom is 0.178 e. The van der Waals surface area contributed by atoms with Crippen LogP contribution in [0, 0.1) is 5.82 Å². The molecule has 1 N–H and O–H groups in total. The highest BCUT2D eigenvalue weighted by Crippen LogP contribution is 2.21. The molecule has 0 aliphatic heterocycles. The molecule has 0 aliphatic rings. The molecular weight excluding hydrogens is 333 g/mol. The van der Waals surface area contributed by atoms with Gasteiger partial charge in [-0.2, -0.15) is 4.52 Å². The standard InChI is InChI=1S/C19H24FN5O/c1-5-14(26-15-8-6-7-13(20)11-15)12-21-16-9-10-17-22-23-18(19(2,3)4)25(17)24-16/h6-11,14H,5,12H2,1-4H3,(H,21,24). The lowest BCUT2D eigenvalue weighted by Crippen LogP contribution is -2.26. The van der Waals surface area contributed by atoms with E-state index in [9.17, 15) is 4.39 Å². The maximum absolute atomic E-state index is 13.3. The van der Waals surface area contributed by atoms with Gasteiger partial charge in [-0.3, -0.25) is 0 Å². The number of halogens is 1. The number of rotatable bonds is 6. The zero-order chi connectivity index (χ0) is 18.7. The monoisotopic (exact) mass is 357 g/mol. The Morgan fingerprint density at radius 2 is 2.00 bits per heavy atom. The van der Waals surface area contributed by atoms with Gasteiger partial charge in [-0.05, 0) is 30.7 Å². The van der Waals surface area contributed by atoms with E-state index in [0.717, 1.165) is 12.2 Å². The molecule has 0 amide bonds. The topological polar surface area (TPSA) is 64.3 Å². The second-order valence-corrected chi connectivity index (χ2v) is 7.25. The van der Waals surface area contributed by atoms with E-state index in [4.69, 9.17) is 4.74 Å². The number of nitrogens with zero attached hydrogens (tertiary/aromatic N) is 4. The number of aromatic nitrogens is 4. The van der Waals surface area contributed by atoms with Gasteiger partial charge in [0.15, 0.2) is 11.5 Å². The number of hydrogen-bond acceptors (Lipinski definition) is 5. The van der Waals surface area contributed by atoms with Gasteiger partial charge in [0.25, 0.3) is 0 Å². The molecule has 26 heavy (non-hydrogen) atoms. The van der Waals surface area contributed by atoms with Crippen molar-refractivity contribution in [2.75, 3.05) is 11.9 Å². The smallest absolute Gasteiger partial charge is 0.178 e. The predicted octanol–water partition coefficient (Wildman–Crippen LogP) is 3.83. The molecule has 0 bridgehead atoms. The van der Waals surface area contributed by atoms with E-state index < -0.39 is 0 Å². The minimum Gasteiger partial charge on any atom is -0.489 e. The Kier molecular flexibility index (Phi) is 5.06. The molecule has 7 heteroatoms. The first-order chi connectivity index (χ1) is 12.4. The van der Waals surface area contributed by atoms with Crippen LogP contribution < -0.4 is 10.1 Å². The van der Waals surface area contributed by atoms with E-state index in [2.05, 4.69) is 41.4 Å². The first-order valence-electron chi connectivity index (χ1n) is 8.76. The van der Waals surface area contributed by atoms with E-state index in [1.807, 2.05) is 19.1 Å². The first kappa shape index (κ1) is 18.1. The van der Waals surface area contributed by atoms with Gasteiger partial charge in [-0.15, -0.1) is 15.3 Å². The molecule has 138 valence electrons. The molecule has 6 nitrogen and oxygen atoms in total. The number of hydrogen-bond donors (Lipinski definition) is 1. The maximum atomic E-state index is 13.3. The van der Waals surface area contributed by atoms with Crippen molar-refractivity contribution in [2.45, 2.75) is 45.6 Å². The van der Waals surface area contributed by atoms with Crippen LogP contribution in [0.4, 0.5) is 10.2 Å². The normalized spacial score (nSPS) is 13.0. The SMILES string of the molecule is CCC(CNc1ccc2nnc(C(C)(C)C)n2n1)Oc1cccc(F)c1. The largest absolute Gasteiger partial charge is 0.489 e. The van der Waals surface area contributed by atoms with Crippen LogP contribution in [0.5, 0.6) is 5.75 Å². The van der Waals surface area contributed by atoms with Crippen molar-refractivity contribution in [2.24, 2.45) is 0 Å². The van der Waals surface area contributed by atoms with Crippen molar-refractivity contribution in [1.29, 1.82) is 0 Å². The van der Waals surface area contributed by atoms with E-state index in [1.165, 1.54) is 12.1 Å². The number of nitrogens with one attached hydrogen (secondary N) is 1. The summed E-state index contributed by atoms with van der Waals surface area (Å²) in [5.74, 6) is 1.74. The lowest BCUT2D eigenvalue weighted by atomic mass is 9.96. The molecule has 2 aromatic heterocycles. The highest BCUT2D eigenvalue weighted by Gasteiger charge is 2.22. The summed E-state index contributed by atoms with van der Waals surface area (Å²) < 4.78 is 20.9. The van der Waals surface area contributed by atoms with E-state index in [1.54, 1.807) is 16.6 Å². The molecule has 1 unspecified atom stereocenters. The number of ether oxygens (including phenoxy) is 1. The molecule has 3 aromatic rings. The summed E-state index contributed by atoms with van der Waals surface area (Å²) in [6, 6.07) is 9.93. The van der Waals surface area contributed by atoms with Crippen molar-refractivity contribution < 1.29 is 9.13 Å². The molecule has 0 fully saturated rings. The van der Waals surface area contributed by atoms with Crippen LogP contribution in [0.15, 0.2) is 36.4 Å². The second kappa shape index (κ2) is 7.27. The first-order valence-corrected chi connectivity index (χ1v) is 8.76. The van der Waals surface area contributed by atoms with Crippen LogP contribution in [0.2, 0.25) is 0 Å². The Morgan fingerprint density at radius 1 is 1.19 bits per heavy atom. The van der Waals surface area contributed by atoms with Crippen molar-refractivity contribution in [3.05, 3.63) is 48.0 Å². The summed E-state index contributed by atoms with van der Waals surface area (Å²) in [5, 5.41) is 16.3. The summed E-state index contributed by atoms with van der Waals surface area (Å²) >= 11 is 0. The van der Waals surface area contributed by atoms with Crippen molar-refractivity contribution in [3.63, 3.8) is 0 Å². The molecular formula is C19H24FN5O. The highest BCUT2D eigenvalue weighted by molar-refractivity contribution is 5.44. The molecule has 1 aromatic carbocycles. The minimum atomic E-state index is -0.306. The lowest BCUT2D eigenvalue weighted by molar-refractivity contribution is 0.209. The highest BCUT2D eigenvalue weighted by atomic mass is 19.1. The third-order valence-electron chi connectivity index (χ3n) is 4.00. The van der Waals surface area contributed by atoms with Gasteiger partial charge in [0, 0.05) is 11.5 Å². The average Bonchev–Trinajstić information content (AvgIpc) is 3.02. The van der Waals surface area contributed by atoms with Crippen molar-refractivity contribution in [1.82, 2.24) is 19.8 Å². The molecule has 0 saturated heterocycles. The fourth-order valence-corrected chi connectivity index (χ4v) is 2.57. The molecule has 0 spiro atoms. The van der Waals surface area contributed by atoms with Crippen LogP contribution in [-0.4, -0.2) is 32.5 Å². The summed E-state index contributed by atoms with van der Waals surface area (Å²) in [4.78, 5) is 0. The Morgan fingerprint density at radius 3 is 2.69 bits per heavy atom. The zero-order valence-corrected chi connectivity index (χ0v) is 15.5. The number of anilines is 1. The fraction of sp³-hybridized carbons (Fsp3) is 0.421. The third-order valence-corrected chi connectivity index (χ3v) is 4.00. The molecule has 0 radical (unpaired) electrons. The van der Waals surface area contributed by atoms with Crippen molar-refractivity contribution in [3.8, 4) is 5.75 Å². The Balaban J connectivity index is 1.71. The molecule has 0 aliphatic carbocycles. The average molecular weight is 357 g/mol. The Hall–Kier alpha value is -2.70. The summed E-state index contributed by atoms with van der Waals surface area (Å²) in [5.41, 5.74) is 0.556. The van der Waals surface area contributed by atoms with Crippen LogP contribution in [0.25, 0.3) is 5.65 Å². The Labute approximate surface area is 152 Å². The number of fused-ring (bicyclic) bond motifs is 1. The van der Waals surface area contributed by atoms with Crippen LogP contribution >= 0.6 is 0 Å². The second-order valence-electron chi connectivity index (χ2n) is 7.25. The predicted molar refractivity (Wildman–Crippen MR) is 99.1 cm³/mol. The molecule has 0 saturated carbocycles. The summed E-state index contributed by atoms with van der Waals surface area (Å²) in [7, 11) is 0. The lowest BCUT2D eigenvalue weighted by Gasteiger charge is -2.19. The van der Waals surface area contributed by atoms with Gasteiger partial charge >= 0.3 is 0 Å². The summed E-state index contributed by atoms with van der Waals surface area (Å²) in [6.07, 6.45) is 0.684. The van der Waals surface area contributed by atoms with Crippen LogP contribution in [-0.2, 0) is 5.41 Å². The molecule has 1 atom stereocenters. The van der Waals surface area contributed by atoms with E-state index >= 15 is 0 Å². The van der Waals surface area contributed by atoms with Crippen LogP contribution in [0.3, 0.4) is 0 Å². The van der Waals surface area contributed by atoms with Crippen LogP contribution in [0.1, 0.15) is 39.9 Å². The fourth-order valence-electron chi connectivity index (χ4n) is 2.57. The molecule has 3 rings (SSSR count). The third kappa shape index (κ3) is 4.09. The van der Waals surface area contributed by atoms with Gasteiger partial charge in [0.05, 0.1) is 6.54 Å². The quantitative estimate of drug-likeness (QED) is 0.726. The minimum absolute atomic E-state index is 0.0997. The van der Waals surface area contributed by atoms with E-state index in [-0.39, 0.29) is 17.3 Å². The van der Waals surface area contributed by atoms with Crippen molar-refractivity contribution >= 4 is 11.5 Å². The van der Waals surface area contributed by atoms with Gasteiger partial charge in [-0.1, -0.05) is 33.8 Å². The van der Waals surface area contributed by atoms with Gasteiger partial charge in [0.1, 0.15) is 23.5 Å². The van der Waals surface area contributed by atoms with E-state index in [0.29, 0.717) is 23.8 Å². The summed E-state index contributed by atoms with van der Waals surface area (Å²) in [6.45, 7) is 8.81. The number of benzene rings is 1.